The molecule has 0 bridgehead atoms. The summed E-state index contributed by atoms with van der Waals surface area (Å²) in [5.74, 6) is 0.537. The van der Waals surface area contributed by atoms with E-state index in [0.29, 0.717) is 47.0 Å². The van der Waals surface area contributed by atoms with Crippen molar-refractivity contribution in [1.82, 2.24) is 9.47 Å². The molecule has 5 nitrogen and oxygen atoms in total. The summed E-state index contributed by atoms with van der Waals surface area (Å²) in [5, 5.41) is 0. The van der Waals surface area contributed by atoms with Crippen molar-refractivity contribution < 1.29 is 9.53 Å². The van der Waals surface area contributed by atoms with Gasteiger partial charge in [0.05, 0.1) is 13.2 Å². The summed E-state index contributed by atoms with van der Waals surface area (Å²) < 4.78 is 7.90. The molecule has 1 aliphatic heterocycles. The van der Waals surface area contributed by atoms with Crippen LogP contribution in [0, 0.1) is 3.95 Å². The summed E-state index contributed by atoms with van der Waals surface area (Å²) in [5.41, 5.74) is 6.08. The number of hydrogen-bond acceptors (Lipinski definition) is 5. The Morgan fingerprint density at radius 1 is 1.39 bits per heavy atom. The van der Waals surface area contributed by atoms with E-state index in [0.717, 1.165) is 12.8 Å². The van der Waals surface area contributed by atoms with Crippen LogP contribution in [-0.4, -0.2) is 41.7 Å². The highest BCUT2D eigenvalue weighted by Gasteiger charge is 2.30. The van der Waals surface area contributed by atoms with Crippen LogP contribution in [0.4, 0.5) is 5.82 Å². The zero-order chi connectivity index (χ0) is 12.7. The van der Waals surface area contributed by atoms with E-state index in [4.69, 9.17) is 22.7 Å². The second-order valence-electron chi connectivity index (χ2n) is 4.59. The van der Waals surface area contributed by atoms with Crippen molar-refractivity contribution in [2.75, 3.05) is 32.0 Å². The van der Waals surface area contributed by atoms with Crippen molar-refractivity contribution >= 4 is 35.3 Å². The maximum atomic E-state index is 12.4. The van der Waals surface area contributed by atoms with Crippen LogP contribution in [0.3, 0.4) is 0 Å². The first-order valence-corrected chi connectivity index (χ1v) is 7.29. The van der Waals surface area contributed by atoms with E-state index in [1.54, 1.807) is 4.90 Å². The van der Waals surface area contributed by atoms with Crippen LogP contribution in [0.25, 0.3) is 0 Å². The van der Waals surface area contributed by atoms with E-state index >= 15 is 0 Å². The fourth-order valence-electron chi connectivity index (χ4n) is 2.14. The van der Waals surface area contributed by atoms with Gasteiger partial charge in [-0.15, -0.1) is 0 Å². The Morgan fingerprint density at radius 2 is 2.06 bits per heavy atom. The second-order valence-corrected chi connectivity index (χ2v) is 6.23. The minimum absolute atomic E-state index is 0.00806. The van der Waals surface area contributed by atoms with E-state index in [2.05, 4.69) is 0 Å². The summed E-state index contributed by atoms with van der Waals surface area (Å²) in [4.78, 5) is 14.8. The molecule has 18 heavy (non-hydrogen) atoms. The van der Waals surface area contributed by atoms with Crippen molar-refractivity contribution in [1.29, 1.82) is 0 Å². The zero-order valence-electron chi connectivity index (χ0n) is 9.92. The molecule has 0 aromatic carbocycles. The molecule has 7 heteroatoms. The van der Waals surface area contributed by atoms with Gasteiger partial charge in [0.15, 0.2) is 3.95 Å². The molecular formula is C11H15N3O2S2. The van der Waals surface area contributed by atoms with Gasteiger partial charge in [0, 0.05) is 19.1 Å². The molecule has 2 aliphatic rings. The van der Waals surface area contributed by atoms with Gasteiger partial charge in [0.1, 0.15) is 10.7 Å². The number of ether oxygens (including phenoxy) is 1. The predicted molar refractivity (Wildman–Crippen MR) is 72.5 cm³/mol. The van der Waals surface area contributed by atoms with Crippen molar-refractivity contribution in [3.05, 3.63) is 8.83 Å². The number of carbonyl (C=O) groups is 1. The van der Waals surface area contributed by atoms with Gasteiger partial charge in [0.25, 0.3) is 5.91 Å². The molecule has 3 rings (SSSR count). The summed E-state index contributed by atoms with van der Waals surface area (Å²) in [6, 6.07) is 0.417. The van der Waals surface area contributed by atoms with E-state index in [1.807, 2.05) is 4.57 Å². The van der Waals surface area contributed by atoms with Gasteiger partial charge in [-0.1, -0.05) is 11.3 Å². The van der Waals surface area contributed by atoms with Crippen molar-refractivity contribution in [3.63, 3.8) is 0 Å². The van der Waals surface area contributed by atoms with Crippen molar-refractivity contribution in [2.45, 2.75) is 18.9 Å². The fraction of sp³-hybridized carbons (Fsp3) is 0.636. The third-order valence-electron chi connectivity index (χ3n) is 3.28. The molecule has 2 N–H and O–H groups in total. The molecule has 1 saturated heterocycles. The fourth-order valence-corrected chi connectivity index (χ4v) is 3.58. The molecule has 1 aliphatic carbocycles. The number of thiazole rings is 1. The van der Waals surface area contributed by atoms with E-state index in [1.165, 1.54) is 11.3 Å². The molecule has 1 aromatic rings. The van der Waals surface area contributed by atoms with Crippen LogP contribution >= 0.6 is 23.6 Å². The number of carbonyl (C=O) groups excluding carboxylic acids is 1. The van der Waals surface area contributed by atoms with Crippen LogP contribution in [0.2, 0.25) is 0 Å². The van der Waals surface area contributed by atoms with Gasteiger partial charge < -0.3 is 19.9 Å². The van der Waals surface area contributed by atoms with E-state index in [9.17, 15) is 4.79 Å². The maximum Gasteiger partial charge on any atom is 0.267 e. The highest BCUT2D eigenvalue weighted by Crippen LogP contribution is 2.40. The van der Waals surface area contributed by atoms with Gasteiger partial charge in [0.2, 0.25) is 0 Å². The van der Waals surface area contributed by atoms with E-state index < -0.39 is 0 Å². The van der Waals surface area contributed by atoms with Crippen LogP contribution in [0.1, 0.15) is 28.6 Å². The number of hydrogen-bond donors (Lipinski definition) is 1. The first-order chi connectivity index (χ1) is 8.68. The van der Waals surface area contributed by atoms with Gasteiger partial charge in [-0.3, -0.25) is 4.79 Å². The quantitative estimate of drug-likeness (QED) is 0.840. The molecule has 2 fully saturated rings. The van der Waals surface area contributed by atoms with Gasteiger partial charge in [-0.25, -0.2) is 0 Å². The Kier molecular flexibility index (Phi) is 3.13. The highest BCUT2D eigenvalue weighted by molar-refractivity contribution is 7.73. The van der Waals surface area contributed by atoms with E-state index in [-0.39, 0.29) is 5.91 Å². The molecular weight excluding hydrogens is 270 g/mol. The predicted octanol–water partition coefficient (Wildman–Crippen LogP) is 1.67. The largest absolute Gasteiger partial charge is 0.384 e. The normalized spacial score (nSPS) is 20.1. The highest BCUT2D eigenvalue weighted by atomic mass is 32.1. The molecule has 0 radical (unpaired) electrons. The number of morpholine rings is 1. The summed E-state index contributed by atoms with van der Waals surface area (Å²) in [7, 11) is 0. The Labute approximate surface area is 114 Å². The number of amides is 1. The smallest absolute Gasteiger partial charge is 0.267 e. The van der Waals surface area contributed by atoms with Crippen LogP contribution in [-0.2, 0) is 4.74 Å². The topological polar surface area (TPSA) is 60.5 Å². The average Bonchev–Trinajstić information content (AvgIpc) is 3.16. The summed E-state index contributed by atoms with van der Waals surface area (Å²) in [6.07, 6.45) is 2.22. The Hall–Kier alpha value is -0.920. The lowest BCUT2D eigenvalue weighted by Gasteiger charge is -2.26. The molecule has 1 aromatic heterocycles. The number of rotatable bonds is 2. The second kappa shape index (κ2) is 4.64. The third-order valence-corrected chi connectivity index (χ3v) is 4.69. The number of anilines is 1. The molecule has 0 unspecified atom stereocenters. The van der Waals surface area contributed by atoms with Crippen molar-refractivity contribution in [2.24, 2.45) is 0 Å². The van der Waals surface area contributed by atoms with Gasteiger partial charge >= 0.3 is 0 Å². The molecule has 0 spiro atoms. The lowest BCUT2D eigenvalue weighted by Crippen LogP contribution is -2.40. The Morgan fingerprint density at radius 3 is 2.67 bits per heavy atom. The first-order valence-electron chi connectivity index (χ1n) is 6.06. The lowest BCUT2D eigenvalue weighted by molar-refractivity contribution is 0.0306. The molecule has 1 amide bonds. The zero-order valence-corrected chi connectivity index (χ0v) is 11.6. The Bertz CT molecular complexity index is 527. The summed E-state index contributed by atoms with van der Waals surface area (Å²) >= 11 is 6.64. The number of nitrogens with zero attached hydrogens (tertiary/aromatic N) is 2. The number of nitrogens with two attached hydrogens (primary N) is 1. The standard InChI is InChI=1S/C11H15N3O2S2/c12-9-8(10(15)13-3-5-16-6-4-13)18-11(17)14(9)7-1-2-7/h7H,1-6,12H2. The molecule has 0 atom stereocenters. The number of aromatic nitrogens is 1. The minimum Gasteiger partial charge on any atom is -0.384 e. The third kappa shape index (κ3) is 2.06. The molecule has 98 valence electrons. The SMILES string of the molecule is Nc1c(C(=O)N2CCOCC2)sc(=S)n1C1CC1. The lowest BCUT2D eigenvalue weighted by atomic mass is 10.3. The first kappa shape index (κ1) is 12.1. The van der Waals surface area contributed by atoms with Crippen molar-refractivity contribution in [3.8, 4) is 0 Å². The average molecular weight is 285 g/mol. The van der Waals surface area contributed by atoms with Crippen LogP contribution in [0.5, 0.6) is 0 Å². The van der Waals surface area contributed by atoms with Crippen LogP contribution in [0.15, 0.2) is 0 Å². The maximum absolute atomic E-state index is 12.4. The number of nitrogen functional groups attached to an aromatic ring is 1. The van der Waals surface area contributed by atoms with Gasteiger partial charge in [-0.2, -0.15) is 0 Å². The summed E-state index contributed by atoms with van der Waals surface area (Å²) in [6.45, 7) is 2.46. The van der Waals surface area contributed by atoms with Crippen LogP contribution < -0.4 is 5.73 Å². The minimum atomic E-state index is -0.00806. The Balaban J connectivity index is 1.89. The van der Waals surface area contributed by atoms with Gasteiger partial charge in [-0.05, 0) is 25.1 Å². The monoisotopic (exact) mass is 285 g/mol. The molecule has 1 saturated carbocycles. The molecule has 2 heterocycles.